The minimum Gasteiger partial charge on any atom is -0.490 e. The summed E-state index contributed by atoms with van der Waals surface area (Å²) in [6.07, 6.45) is 5.42. The smallest absolute Gasteiger partial charge is 0.272 e. The Morgan fingerprint density at radius 1 is 0.900 bits per heavy atom. The van der Waals surface area contributed by atoms with Gasteiger partial charge in [0.25, 0.3) is 17.7 Å². The minimum absolute atomic E-state index is 0.0109. The molecule has 60 heavy (non-hydrogen) atoms. The molecule has 2 N–H and O–H groups in total. The van der Waals surface area contributed by atoms with Crippen molar-refractivity contribution >= 4 is 52.6 Å². The molecule has 3 saturated heterocycles. The molecule has 5 heterocycles. The van der Waals surface area contributed by atoms with Crippen molar-refractivity contribution < 1.29 is 33.1 Å². The van der Waals surface area contributed by atoms with Crippen molar-refractivity contribution in [3.05, 3.63) is 75.7 Å². The minimum atomic E-state index is -1.10. The van der Waals surface area contributed by atoms with E-state index in [0.717, 1.165) is 88.0 Å². The molecule has 0 bridgehead atoms. The van der Waals surface area contributed by atoms with Crippen LogP contribution >= 0.6 is 11.6 Å². The second-order valence-corrected chi connectivity index (χ2v) is 17.3. The van der Waals surface area contributed by atoms with Gasteiger partial charge in [-0.15, -0.1) is 10.2 Å². The van der Waals surface area contributed by atoms with Crippen LogP contribution in [0.4, 0.5) is 15.9 Å². The third kappa shape index (κ3) is 7.88. The number of halogens is 2. The number of imide groups is 2. The van der Waals surface area contributed by atoms with Gasteiger partial charge in [0.2, 0.25) is 11.8 Å². The fourth-order valence-corrected chi connectivity index (χ4v) is 10.3. The number of nitriles is 1. The van der Waals surface area contributed by atoms with Crippen molar-refractivity contribution in [1.29, 1.82) is 5.26 Å². The maximum Gasteiger partial charge on any atom is 0.272 e. The molecule has 3 aromatic rings. The lowest BCUT2D eigenvalue weighted by molar-refractivity contribution is -0.136. The van der Waals surface area contributed by atoms with Gasteiger partial charge in [-0.3, -0.25) is 39.1 Å². The van der Waals surface area contributed by atoms with Crippen LogP contribution in [-0.2, 0) is 9.59 Å². The molecule has 0 spiro atoms. The molecule has 5 amide bonds. The molecule has 4 aliphatic heterocycles. The number of amides is 5. The number of fused-ring (bicyclic) bond motifs is 2. The molecule has 15 nitrogen and oxygen atoms in total. The van der Waals surface area contributed by atoms with Crippen LogP contribution in [-0.4, -0.2) is 114 Å². The summed E-state index contributed by atoms with van der Waals surface area (Å²) < 4.78 is 21.5. The largest absolute Gasteiger partial charge is 0.490 e. The molecular weight excluding hydrogens is 793 g/mol. The van der Waals surface area contributed by atoms with Gasteiger partial charge in [0.1, 0.15) is 23.7 Å². The first-order chi connectivity index (χ1) is 29.0. The first-order valence-electron chi connectivity index (χ1n) is 20.8. The molecule has 0 radical (unpaired) electrons. The Morgan fingerprint density at radius 3 is 2.27 bits per heavy atom. The van der Waals surface area contributed by atoms with E-state index in [1.54, 1.807) is 24.3 Å². The maximum atomic E-state index is 15.5. The van der Waals surface area contributed by atoms with Crippen molar-refractivity contribution in [3.63, 3.8) is 0 Å². The number of ether oxygens (including phenoxy) is 1. The SMILES string of the molecule is N#Cc1ccc(OC2CCC(NC(=O)c3ccc(N4C[C@H]5C[C@H](CN6CCN(c7cc8c(cc7F)C(=O)N(C7CCC(=O)NC7=O)C8=O)CC6)C[C@H]5C4)nn3)CC2)cc1Cl. The summed E-state index contributed by atoms with van der Waals surface area (Å²) in [4.78, 5) is 71.0. The Balaban J connectivity index is 0.709. The van der Waals surface area contributed by atoms with E-state index in [2.05, 4.69) is 30.6 Å². The summed E-state index contributed by atoms with van der Waals surface area (Å²) in [5.74, 6) is -0.264. The topological polar surface area (TPSA) is 181 Å². The molecule has 312 valence electrons. The second kappa shape index (κ2) is 16.4. The Labute approximate surface area is 351 Å². The molecule has 1 aromatic heterocycles. The van der Waals surface area contributed by atoms with Gasteiger partial charge in [0, 0.05) is 64.3 Å². The van der Waals surface area contributed by atoms with Crippen LogP contribution < -0.4 is 25.2 Å². The fourth-order valence-electron chi connectivity index (χ4n) is 10.1. The van der Waals surface area contributed by atoms with Crippen LogP contribution in [0.5, 0.6) is 5.75 Å². The van der Waals surface area contributed by atoms with Gasteiger partial charge in [-0.25, -0.2) is 4.39 Å². The number of hydrogen-bond donors (Lipinski definition) is 2. The highest BCUT2D eigenvalue weighted by Crippen LogP contribution is 2.43. The summed E-state index contributed by atoms with van der Waals surface area (Å²) in [6, 6.07) is 12.2. The van der Waals surface area contributed by atoms with E-state index in [9.17, 15) is 24.0 Å². The van der Waals surface area contributed by atoms with E-state index in [4.69, 9.17) is 21.6 Å². The lowest BCUT2D eigenvalue weighted by Crippen LogP contribution is -2.54. The molecule has 5 fully saturated rings. The highest BCUT2D eigenvalue weighted by Gasteiger charge is 2.46. The molecule has 2 saturated carbocycles. The van der Waals surface area contributed by atoms with Gasteiger partial charge in [-0.1, -0.05) is 11.6 Å². The van der Waals surface area contributed by atoms with E-state index in [-0.39, 0.29) is 47.7 Å². The van der Waals surface area contributed by atoms with Gasteiger partial charge >= 0.3 is 0 Å². The van der Waals surface area contributed by atoms with Crippen molar-refractivity contribution in [3.8, 4) is 11.8 Å². The molecule has 6 aliphatic rings. The van der Waals surface area contributed by atoms with Crippen molar-refractivity contribution in [2.75, 3.05) is 55.6 Å². The van der Waals surface area contributed by atoms with Crippen LogP contribution in [0.15, 0.2) is 42.5 Å². The number of aromatic nitrogens is 2. The lowest BCUT2D eigenvalue weighted by atomic mass is 9.93. The van der Waals surface area contributed by atoms with Gasteiger partial charge < -0.3 is 19.9 Å². The van der Waals surface area contributed by atoms with Gasteiger partial charge in [-0.05, 0) is 99.1 Å². The average molecular weight is 838 g/mol. The molecule has 4 atom stereocenters. The van der Waals surface area contributed by atoms with E-state index in [1.807, 2.05) is 17.0 Å². The number of rotatable bonds is 9. The Kier molecular flexibility index (Phi) is 10.9. The van der Waals surface area contributed by atoms with Crippen molar-refractivity contribution in [2.45, 2.75) is 69.6 Å². The molecule has 2 aliphatic carbocycles. The zero-order chi connectivity index (χ0) is 41.7. The highest BCUT2D eigenvalue weighted by molar-refractivity contribution is 6.31. The number of benzene rings is 2. The van der Waals surface area contributed by atoms with Gasteiger partial charge in [-0.2, -0.15) is 5.26 Å². The average Bonchev–Trinajstić information content (AvgIpc) is 3.88. The quantitative estimate of drug-likeness (QED) is 0.297. The molecule has 9 rings (SSSR count). The number of anilines is 2. The van der Waals surface area contributed by atoms with Crippen LogP contribution in [0.25, 0.3) is 0 Å². The summed E-state index contributed by atoms with van der Waals surface area (Å²) in [6.45, 7) is 5.38. The van der Waals surface area contributed by atoms with Crippen molar-refractivity contribution in [1.82, 2.24) is 30.6 Å². The van der Waals surface area contributed by atoms with Crippen LogP contribution in [0.2, 0.25) is 5.02 Å². The fraction of sp³-hybridized carbons (Fsp3) is 0.488. The summed E-state index contributed by atoms with van der Waals surface area (Å²) >= 11 is 6.15. The van der Waals surface area contributed by atoms with Crippen LogP contribution in [0, 0.1) is 34.9 Å². The predicted molar refractivity (Wildman–Crippen MR) is 216 cm³/mol. The Hall–Kier alpha value is -5.66. The monoisotopic (exact) mass is 837 g/mol. The van der Waals surface area contributed by atoms with E-state index in [0.29, 0.717) is 52.9 Å². The van der Waals surface area contributed by atoms with E-state index >= 15 is 4.39 Å². The zero-order valence-electron chi connectivity index (χ0n) is 32.9. The predicted octanol–water partition coefficient (Wildman–Crippen LogP) is 3.95. The summed E-state index contributed by atoms with van der Waals surface area (Å²) in [7, 11) is 0. The van der Waals surface area contributed by atoms with E-state index in [1.165, 1.54) is 6.07 Å². The number of carbonyl (C=O) groups is 5. The third-order valence-corrected chi connectivity index (χ3v) is 13.5. The van der Waals surface area contributed by atoms with E-state index < -0.39 is 35.5 Å². The Bertz CT molecular complexity index is 2260. The molecular formula is C43H45ClFN9O6. The standard InChI is InChI=1S/C43H45ClFN9O6/c44-33-17-30(4-1-25(33)20-46)60-29-5-2-28(3-6-29)47-40(56)35-7-9-38(50-49-35)53-22-26-15-24(16-27(26)23-53)21-51-11-13-52(14-12-51)37-19-32-31(18-34(37)45)42(58)54(43(32)59)36-8-10-39(55)48-41(36)57/h1,4,7,9,17-19,24,26-29,36H,2-3,5-6,8,10-16,21-23H2,(H,47,56)(H,48,55,57)/t24-,26+,27-,28?,29?,36?. The number of nitrogens with one attached hydrogen (secondary N) is 2. The number of piperidine rings is 1. The zero-order valence-corrected chi connectivity index (χ0v) is 33.7. The maximum absolute atomic E-state index is 15.5. The number of nitrogens with zero attached hydrogens (tertiary/aromatic N) is 7. The van der Waals surface area contributed by atoms with Gasteiger partial charge in [0.15, 0.2) is 11.5 Å². The number of carbonyl (C=O) groups excluding carboxylic acids is 5. The third-order valence-electron chi connectivity index (χ3n) is 13.2. The molecule has 17 heteroatoms. The van der Waals surface area contributed by atoms with Crippen molar-refractivity contribution in [2.24, 2.45) is 17.8 Å². The normalized spacial score (nSPS) is 26.8. The van der Waals surface area contributed by atoms with Crippen LogP contribution in [0.3, 0.4) is 0 Å². The summed E-state index contributed by atoms with van der Waals surface area (Å²) in [5, 5.41) is 23.5. The molecule has 1 unspecified atom stereocenters. The Morgan fingerprint density at radius 2 is 1.62 bits per heavy atom. The summed E-state index contributed by atoms with van der Waals surface area (Å²) in [5.41, 5.74) is 0.987. The first kappa shape index (κ1) is 39.8. The second-order valence-electron chi connectivity index (χ2n) is 16.9. The van der Waals surface area contributed by atoms with Crippen LogP contribution in [0.1, 0.15) is 88.1 Å². The molecule has 2 aromatic carbocycles. The number of piperazine rings is 1. The highest BCUT2D eigenvalue weighted by atomic mass is 35.5. The van der Waals surface area contributed by atoms with Gasteiger partial charge in [0.05, 0.1) is 33.5 Å². The lowest BCUT2D eigenvalue weighted by Gasteiger charge is -2.37. The first-order valence-corrected chi connectivity index (χ1v) is 21.2. The number of hydrogen-bond acceptors (Lipinski definition) is 12.